The van der Waals surface area contributed by atoms with Crippen LogP contribution >= 0.6 is 0 Å². The number of rotatable bonds is 8. The summed E-state index contributed by atoms with van der Waals surface area (Å²) >= 11 is 0. The quantitative estimate of drug-likeness (QED) is 0.562. The number of fused-ring (bicyclic) bond motifs is 1. The maximum absolute atomic E-state index is 12.5. The molecule has 2 aromatic carbocycles. The van der Waals surface area contributed by atoms with Crippen LogP contribution in [0.1, 0.15) is 44.2 Å². The Hall–Kier alpha value is -2.73. The van der Waals surface area contributed by atoms with Crippen LogP contribution in [0.3, 0.4) is 0 Å². The smallest absolute Gasteiger partial charge is 0.326 e. The van der Waals surface area contributed by atoms with Crippen LogP contribution in [0.4, 0.5) is 0 Å². The highest BCUT2D eigenvalue weighted by atomic mass is 16.5. The number of hydrogen-bond donors (Lipinski definition) is 1. The number of piperidine rings is 1. The molecule has 1 N–H and O–H groups in total. The lowest BCUT2D eigenvalue weighted by molar-refractivity contribution is 0.179. The van der Waals surface area contributed by atoms with Crippen molar-refractivity contribution < 1.29 is 9.47 Å². The van der Waals surface area contributed by atoms with Crippen LogP contribution in [0.25, 0.3) is 11.0 Å². The highest BCUT2D eigenvalue weighted by molar-refractivity contribution is 5.75. The number of ether oxygens (including phenoxy) is 2. The molecule has 1 fully saturated rings. The van der Waals surface area contributed by atoms with Crippen LogP contribution in [0.2, 0.25) is 0 Å². The molecule has 0 aliphatic carbocycles. The van der Waals surface area contributed by atoms with Gasteiger partial charge in [0.1, 0.15) is 0 Å². The van der Waals surface area contributed by atoms with Gasteiger partial charge in [-0.3, -0.25) is 9.47 Å². The minimum Gasteiger partial charge on any atom is -0.493 e. The van der Waals surface area contributed by atoms with Crippen molar-refractivity contribution in [1.82, 2.24) is 14.5 Å². The van der Waals surface area contributed by atoms with Crippen molar-refractivity contribution >= 4 is 11.0 Å². The summed E-state index contributed by atoms with van der Waals surface area (Å²) in [7, 11) is 1.68. The molecule has 0 unspecified atom stereocenters. The maximum Gasteiger partial charge on any atom is 0.326 e. The van der Waals surface area contributed by atoms with Gasteiger partial charge in [-0.25, -0.2) is 4.79 Å². The Morgan fingerprint density at radius 1 is 1.10 bits per heavy atom. The summed E-state index contributed by atoms with van der Waals surface area (Å²) in [6, 6.07) is 14.4. The number of unbranched alkanes of at least 4 members (excludes halogenated alkanes) is 1. The van der Waals surface area contributed by atoms with E-state index in [0.29, 0.717) is 6.61 Å². The van der Waals surface area contributed by atoms with Gasteiger partial charge in [-0.05, 0) is 49.1 Å². The molecule has 160 valence electrons. The average molecular weight is 410 g/mol. The summed E-state index contributed by atoms with van der Waals surface area (Å²) in [6.07, 6.45) is 4.08. The Morgan fingerprint density at radius 2 is 1.90 bits per heavy atom. The van der Waals surface area contributed by atoms with Gasteiger partial charge >= 0.3 is 5.69 Å². The molecule has 0 radical (unpaired) electrons. The van der Waals surface area contributed by atoms with E-state index in [1.165, 1.54) is 5.56 Å². The van der Waals surface area contributed by atoms with Crippen molar-refractivity contribution in [1.29, 1.82) is 0 Å². The third kappa shape index (κ3) is 4.38. The molecule has 0 saturated carbocycles. The molecule has 1 aliphatic rings. The van der Waals surface area contributed by atoms with Crippen molar-refractivity contribution in [3.63, 3.8) is 0 Å². The number of nitrogens with one attached hydrogen (secondary N) is 1. The van der Waals surface area contributed by atoms with E-state index in [0.717, 1.165) is 67.8 Å². The van der Waals surface area contributed by atoms with E-state index in [1.54, 1.807) is 7.11 Å². The highest BCUT2D eigenvalue weighted by Crippen LogP contribution is 2.30. The molecule has 0 bridgehead atoms. The van der Waals surface area contributed by atoms with Crippen LogP contribution in [0.5, 0.6) is 11.5 Å². The van der Waals surface area contributed by atoms with Gasteiger partial charge in [-0.1, -0.05) is 31.5 Å². The van der Waals surface area contributed by atoms with Crippen molar-refractivity contribution in [2.45, 2.75) is 45.2 Å². The number of hydrogen-bond acceptors (Lipinski definition) is 4. The largest absolute Gasteiger partial charge is 0.493 e. The molecule has 30 heavy (non-hydrogen) atoms. The number of imidazole rings is 1. The van der Waals surface area contributed by atoms with Crippen LogP contribution in [0, 0.1) is 0 Å². The molecular formula is C24H31N3O3. The van der Waals surface area contributed by atoms with E-state index in [1.807, 2.05) is 34.9 Å². The first-order chi connectivity index (χ1) is 14.7. The molecule has 1 saturated heterocycles. The van der Waals surface area contributed by atoms with Crippen molar-refractivity contribution in [2.24, 2.45) is 0 Å². The van der Waals surface area contributed by atoms with Crippen molar-refractivity contribution in [2.75, 3.05) is 26.8 Å². The summed E-state index contributed by atoms with van der Waals surface area (Å²) < 4.78 is 13.3. The van der Waals surface area contributed by atoms with Crippen LogP contribution < -0.4 is 15.2 Å². The van der Waals surface area contributed by atoms with Crippen molar-refractivity contribution in [3.05, 3.63) is 58.5 Å². The van der Waals surface area contributed by atoms with Crippen LogP contribution in [-0.4, -0.2) is 41.3 Å². The lowest BCUT2D eigenvalue weighted by Gasteiger charge is -2.32. The second-order valence-electron chi connectivity index (χ2n) is 8.01. The first-order valence-corrected chi connectivity index (χ1v) is 10.9. The van der Waals surface area contributed by atoms with E-state index in [4.69, 9.17) is 9.47 Å². The number of aromatic amines is 1. The number of nitrogens with zero attached hydrogens (tertiary/aromatic N) is 2. The predicted molar refractivity (Wildman–Crippen MR) is 120 cm³/mol. The molecule has 1 aliphatic heterocycles. The molecule has 6 nitrogen and oxygen atoms in total. The number of methoxy groups -OCH3 is 1. The molecule has 0 spiro atoms. The number of benzene rings is 2. The predicted octanol–water partition coefficient (Wildman–Crippen LogP) is 4.35. The zero-order chi connectivity index (χ0) is 20.9. The fourth-order valence-corrected chi connectivity index (χ4v) is 4.29. The third-order valence-corrected chi connectivity index (χ3v) is 5.94. The Bertz CT molecular complexity index is 1030. The molecule has 4 rings (SSSR count). The minimum absolute atomic E-state index is 0.00123. The number of likely N-dealkylation sites (tertiary alicyclic amines) is 1. The van der Waals surface area contributed by atoms with E-state index in [2.05, 4.69) is 28.9 Å². The zero-order valence-corrected chi connectivity index (χ0v) is 17.9. The second kappa shape index (κ2) is 9.39. The summed E-state index contributed by atoms with van der Waals surface area (Å²) in [5.41, 5.74) is 3.15. The molecule has 1 aromatic heterocycles. The molecule has 0 atom stereocenters. The minimum atomic E-state index is -0.00123. The second-order valence-corrected chi connectivity index (χ2v) is 8.01. The lowest BCUT2D eigenvalue weighted by Crippen LogP contribution is -2.36. The summed E-state index contributed by atoms with van der Waals surface area (Å²) in [5, 5.41) is 0. The molecule has 2 heterocycles. The fraction of sp³-hybridized carbons (Fsp3) is 0.458. The Kier molecular flexibility index (Phi) is 6.43. The summed E-state index contributed by atoms with van der Waals surface area (Å²) in [4.78, 5) is 17.9. The van der Waals surface area contributed by atoms with Crippen LogP contribution in [-0.2, 0) is 6.54 Å². The van der Waals surface area contributed by atoms with E-state index in [9.17, 15) is 4.79 Å². The van der Waals surface area contributed by atoms with Gasteiger partial charge in [-0.2, -0.15) is 0 Å². The van der Waals surface area contributed by atoms with Gasteiger partial charge in [0.25, 0.3) is 0 Å². The Morgan fingerprint density at radius 3 is 2.67 bits per heavy atom. The first kappa shape index (κ1) is 20.5. The lowest BCUT2D eigenvalue weighted by atomic mass is 10.0. The van der Waals surface area contributed by atoms with Gasteiger partial charge in [0.2, 0.25) is 0 Å². The van der Waals surface area contributed by atoms with Gasteiger partial charge < -0.3 is 14.5 Å². The Labute approximate surface area is 177 Å². The van der Waals surface area contributed by atoms with Gasteiger partial charge in [0, 0.05) is 25.7 Å². The summed E-state index contributed by atoms with van der Waals surface area (Å²) in [6.45, 7) is 5.68. The zero-order valence-electron chi connectivity index (χ0n) is 17.9. The molecular weight excluding hydrogens is 378 g/mol. The average Bonchev–Trinajstić information content (AvgIpc) is 3.10. The highest BCUT2D eigenvalue weighted by Gasteiger charge is 2.23. The fourth-order valence-electron chi connectivity index (χ4n) is 4.29. The van der Waals surface area contributed by atoms with Crippen molar-refractivity contribution in [3.8, 4) is 11.5 Å². The topological polar surface area (TPSA) is 59.5 Å². The normalized spacial score (nSPS) is 15.5. The molecule has 6 heteroatoms. The Balaban J connectivity index is 1.40. The van der Waals surface area contributed by atoms with E-state index >= 15 is 0 Å². The third-order valence-electron chi connectivity index (χ3n) is 5.94. The van der Waals surface area contributed by atoms with Crippen LogP contribution in [0.15, 0.2) is 47.3 Å². The number of aromatic nitrogens is 2. The first-order valence-electron chi connectivity index (χ1n) is 10.9. The van der Waals surface area contributed by atoms with E-state index < -0.39 is 0 Å². The maximum atomic E-state index is 12.5. The standard InChI is InChI=1S/C24H31N3O3/c1-3-4-15-30-23-16-18(9-10-22(23)29-2)17-26-13-11-19(12-14-26)27-21-8-6-5-7-20(21)25-24(27)28/h5-10,16,19H,3-4,11-15,17H2,1-2H3,(H,25,28). The van der Waals surface area contributed by atoms with Gasteiger partial charge in [0.15, 0.2) is 11.5 Å². The molecule has 3 aromatic rings. The number of H-pyrrole nitrogens is 1. The number of para-hydroxylation sites is 2. The van der Waals surface area contributed by atoms with Gasteiger partial charge in [-0.15, -0.1) is 0 Å². The SMILES string of the molecule is CCCCOc1cc(CN2CCC(n3c(=O)[nH]c4ccccc43)CC2)ccc1OC. The van der Waals surface area contributed by atoms with E-state index in [-0.39, 0.29) is 11.7 Å². The van der Waals surface area contributed by atoms with Gasteiger partial charge in [0.05, 0.1) is 24.8 Å². The monoisotopic (exact) mass is 409 g/mol. The molecule has 0 amide bonds. The summed E-state index contributed by atoms with van der Waals surface area (Å²) in [5.74, 6) is 1.61.